The summed E-state index contributed by atoms with van der Waals surface area (Å²) in [6.45, 7) is -0.489. The Morgan fingerprint density at radius 1 is 0.837 bits per heavy atom. The van der Waals surface area contributed by atoms with Gasteiger partial charge in [-0.1, -0.05) is 48.6 Å². The summed E-state index contributed by atoms with van der Waals surface area (Å²) in [6.07, 6.45) is -2.27. The van der Waals surface area contributed by atoms with Crippen LogP contribution in [0.3, 0.4) is 0 Å². The van der Waals surface area contributed by atoms with E-state index in [1.165, 1.54) is 36.4 Å². The van der Waals surface area contributed by atoms with Crippen LogP contribution < -0.4 is 4.90 Å². The molecule has 10 heteroatoms. The fourth-order valence-corrected chi connectivity index (χ4v) is 5.81. The Kier molecular flexibility index (Phi) is 9.65. The quantitative estimate of drug-likeness (QED) is 0.227. The number of halogens is 2. The number of hydrogen-bond acceptors (Lipinski definition) is 7. The normalized spacial score (nSPS) is 28.2. The summed E-state index contributed by atoms with van der Waals surface area (Å²) < 4.78 is 32.4. The maximum atomic E-state index is 13.6. The van der Waals surface area contributed by atoms with Gasteiger partial charge >= 0.3 is 0 Å². The highest BCUT2D eigenvalue weighted by Gasteiger charge is 2.48. The number of carbonyl (C=O) groups excluding carboxylic acids is 1. The maximum absolute atomic E-state index is 13.6. The van der Waals surface area contributed by atoms with E-state index in [0.29, 0.717) is 24.1 Å². The van der Waals surface area contributed by atoms with Gasteiger partial charge in [0.15, 0.2) is 0 Å². The number of aliphatic hydroxyl groups is 5. The van der Waals surface area contributed by atoms with Crippen molar-refractivity contribution in [3.63, 3.8) is 0 Å². The summed E-state index contributed by atoms with van der Waals surface area (Å²) in [4.78, 5) is 14.9. The SMILES string of the molecule is O=C1[C@H](CC[C@H](O)c2ccc(F)cc2)[C@@H](c2ccc(C=CC[C@@H]3O[C@H](CO)[C@@H](O)[C@H](O)[C@H]3O)cc2)N1c1ccc(F)cc1. The third-order valence-electron chi connectivity index (χ3n) is 8.27. The lowest BCUT2D eigenvalue weighted by Gasteiger charge is -2.48. The predicted octanol–water partition coefficient (Wildman–Crippen LogP) is 3.43. The topological polar surface area (TPSA) is 131 Å². The minimum Gasteiger partial charge on any atom is -0.394 e. The van der Waals surface area contributed by atoms with Crippen LogP contribution in [0.2, 0.25) is 0 Å². The van der Waals surface area contributed by atoms with Gasteiger partial charge in [0.2, 0.25) is 5.91 Å². The molecule has 5 rings (SSSR count). The average Bonchev–Trinajstić information content (AvgIpc) is 3.01. The third-order valence-corrected chi connectivity index (χ3v) is 8.27. The highest BCUT2D eigenvalue weighted by molar-refractivity contribution is 6.03. The van der Waals surface area contributed by atoms with Crippen LogP contribution in [-0.4, -0.2) is 68.6 Å². The first-order valence-corrected chi connectivity index (χ1v) is 14.3. The first kappa shape index (κ1) is 30.9. The molecule has 2 heterocycles. The summed E-state index contributed by atoms with van der Waals surface area (Å²) >= 11 is 0. The van der Waals surface area contributed by atoms with E-state index in [9.17, 15) is 39.1 Å². The Hall–Kier alpha value is -3.51. The van der Waals surface area contributed by atoms with Gasteiger partial charge < -0.3 is 35.2 Å². The number of β-lactam (4-membered cyclic amide) rings is 1. The zero-order chi connectivity index (χ0) is 30.7. The van der Waals surface area contributed by atoms with Crippen LogP contribution in [0.25, 0.3) is 6.08 Å². The van der Waals surface area contributed by atoms with E-state index >= 15 is 0 Å². The number of benzene rings is 3. The molecule has 228 valence electrons. The van der Waals surface area contributed by atoms with Crippen molar-refractivity contribution in [2.45, 2.75) is 61.9 Å². The van der Waals surface area contributed by atoms with E-state index in [2.05, 4.69) is 0 Å². The van der Waals surface area contributed by atoms with Gasteiger partial charge in [-0.2, -0.15) is 0 Å². The van der Waals surface area contributed by atoms with Crippen LogP contribution in [0.5, 0.6) is 0 Å². The summed E-state index contributed by atoms with van der Waals surface area (Å²) in [5.74, 6) is -1.36. The zero-order valence-electron chi connectivity index (χ0n) is 23.3. The lowest BCUT2D eigenvalue weighted by Crippen LogP contribution is -2.58. The summed E-state index contributed by atoms with van der Waals surface area (Å²) in [5.41, 5.74) is 2.82. The zero-order valence-corrected chi connectivity index (χ0v) is 23.3. The van der Waals surface area contributed by atoms with Gasteiger partial charge in [-0.3, -0.25) is 4.79 Å². The van der Waals surface area contributed by atoms with Crippen LogP contribution in [0.4, 0.5) is 14.5 Å². The standard InChI is InChI=1S/C33H35F2NO7/c34-22-10-8-20(9-11-22)26(38)17-16-25-29(36(33(25)42)24-14-12-23(35)13-15-24)21-6-4-19(5-7-21)2-1-3-27-30(39)32(41)31(40)28(18-37)43-27/h1-2,4-15,25-32,37-41H,3,16-18H2/t25-,26+,27+,28-,29-,30+,31-,32-/m1/s1. The van der Waals surface area contributed by atoms with E-state index in [4.69, 9.17) is 4.74 Å². The van der Waals surface area contributed by atoms with E-state index < -0.39 is 60.8 Å². The number of aliphatic hydroxyl groups excluding tert-OH is 5. The van der Waals surface area contributed by atoms with Crippen molar-refractivity contribution in [1.82, 2.24) is 0 Å². The molecule has 8 nitrogen and oxygen atoms in total. The number of amides is 1. The number of hydrogen-bond donors (Lipinski definition) is 5. The van der Waals surface area contributed by atoms with Gasteiger partial charge in [-0.15, -0.1) is 0 Å². The van der Waals surface area contributed by atoms with Crippen LogP contribution in [0.1, 0.15) is 48.1 Å². The monoisotopic (exact) mass is 595 g/mol. The minimum absolute atomic E-state index is 0.133. The first-order valence-electron chi connectivity index (χ1n) is 14.3. The van der Waals surface area contributed by atoms with Gasteiger partial charge in [0, 0.05) is 5.69 Å². The summed E-state index contributed by atoms with van der Waals surface area (Å²) in [5, 5.41) is 50.2. The van der Waals surface area contributed by atoms with Gasteiger partial charge in [-0.05, 0) is 72.4 Å². The molecule has 0 radical (unpaired) electrons. The predicted molar refractivity (Wildman–Crippen MR) is 155 cm³/mol. The molecule has 43 heavy (non-hydrogen) atoms. The van der Waals surface area contributed by atoms with Crippen molar-refractivity contribution in [2.24, 2.45) is 5.92 Å². The molecule has 0 aromatic heterocycles. The minimum atomic E-state index is -1.43. The van der Waals surface area contributed by atoms with E-state index in [-0.39, 0.29) is 18.4 Å². The molecule has 5 N–H and O–H groups in total. The molecule has 2 aliphatic rings. The Bertz CT molecular complexity index is 1400. The number of carbonyl (C=O) groups is 1. The Labute approximate surface area is 248 Å². The van der Waals surface area contributed by atoms with Crippen molar-refractivity contribution in [3.05, 3.63) is 107 Å². The Morgan fingerprint density at radius 3 is 2.07 bits per heavy atom. The molecular weight excluding hydrogens is 560 g/mol. The van der Waals surface area contributed by atoms with Crippen molar-refractivity contribution in [1.29, 1.82) is 0 Å². The van der Waals surface area contributed by atoms with Crippen LogP contribution >= 0.6 is 0 Å². The first-order chi connectivity index (χ1) is 20.7. The van der Waals surface area contributed by atoms with Gasteiger partial charge in [0.05, 0.1) is 30.8 Å². The average molecular weight is 596 g/mol. The highest BCUT2D eigenvalue weighted by Crippen LogP contribution is 2.46. The molecule has 2 aliphatic heterocycles. The molecule has 0 aliphatic carbocycles. The molecule has 2 fully saturated rings. The van der Waals surface area contributed by atoms with Crippen LogP contribution in [-0.2, 0) is 9.53 Å². The summed E-state index contributed by atoms with van der Waals surface area (Å²) in [6, 6.07) is 18.5. The van der Waals surface area contributed by atoms with Crippen LogP contribution in [0.15, 0.2) is 78.9 Å². The maximum Gasteiger partial charge on any atom is 0.233 e. The molecule has 0 unspecified atom stereocenters. The summed E-state index contributed by atoms with van der Waals surface area (Å²) in [7, 11) is 0. The molecule has 3 aromatic rings. The number of ether oxygens (including phenoxy) is 1. The van der Waals surface area contributed by atoms with Crippen LogP contribution in [0, 0.1) is 17.6 Å². The van der Waals surface area contributed by atoms with Crippen molar-refractivity contribution in [3.8, 4) is 0 Å². The smallest absolute Gasteiger partial charge is 0.233 e. The van der Waals surface area contributed by atoms with E-state index in [1.54, 1.807) is 23.1 Å². The van der Waals surface area contributed by atoms with E-state index in [1.807, 2.05) is 30.3 Å². The second kappa shape index (κ2) is 13.4. The lowest BCUT2D eigenvalue weighted by atomic mass is 9.78. The van der Waals surface area contributed by atoms with Gasteiger partial charge in [0.1, 0.15) is 36.1 Å². The molecule has 3 aromatic carbocycles. The number of rotatable bonds is 10. The van der Waals surface area contributed by atoms with Crippen molar-refractivity contribution >= 4 is 17.7 Å². The Morgan fingerprint density at radius 2 is 1.44 bits per heavy atom. The molecule has 8 atom stereocenters. The molecule has 0 spiro atoms. The second-order valence-corrected chi connectivity index (χ2v) is 11.1. The van der Waals surface area contributed by atoms with Crippen molar-refractivity contribution < 1.29 is 43.8 Å². The van der Waals surface area contributed by atoms with E-state index in [0.717, 1.165) is 11.1 Å². The fraction of sp³-hybridized carbons (Fsp3) is 0.364. The molecule has 1 amide bonds. The van der Waals surface area contributed by atoms with Gasteiger partial charge in [-0.25, -0.2) is 8.78 Å². The van der Waals surface area contributed by atoms with Crippen molar-refractivity contribution in [2.75, 3.05) is 11.5 Å². The molecule has 0 bridgehead atoms. The molecular formula is C33H35F2NO7. The molecule has 0 saturated carbocycles. The largest absolute Gasteiger partial charge is 0.394 e. The number of anilines is 1. The Balaban J connectivity index is 1.29. The third kappa shape index (κ3) is 6.70. The van der Waals surface area contributed by atoms with Gasteiger partial charge in [0.25, 0.3) is 0 Å². The fourth-order valence-electron chi connectivity index (χ4n) is 5.81. The number of nitrogens with zero attached hydrogens (tertiary/aromatic N) is 1. The second-order valence-electron chi connectivity index (χ2n) is 11.1. The lowest BCUT2D eigenvalue weighted by molar-refractivity contribution is -0.227. The molecule has 2 saturated heterocycles. The highest BCUT2D eigenvalue weighted by atomic mass is 19.1.